The molecule has 1 aliphatic heterocycles. The van der Waals surface area contributed by atoms with Gasteiger partial charge >= 0.3 is 0 Å². The van der Waals surface area contributed by atoms with Crippen LogP contribution < -0.4 is 15.4 Å². The maximum absolute atomic E-state index is 12.6. The molecule has 1 atom stereocenters. The zero-order valence-corrected chi connectivity index (χ0v) is 15.1. The van der Waals surface area contributed by atoms with Crippen LogP contribution in [0, 0.1) is 0 Å². The Kier molecular flexibility index (Phi) is 5.91. The molecule has 0 unspecified atom stereocenters. The van der Waals surface area contributed by atoms with E-state index < -0.39 is 5.60 Å². The Hall–Kier alpha value is -2.37. The van der Waals surface area contributed by atoms with Gasteiger partial charge in [0.2, 0.25) is 0 Å². The lowest BCUT2D eigenvalue weighted by atomic mass is 9.94. The molecule has 26 heavy (non-hydrogen) atoms. The lowest BCUT2D eigenvalue weighted by Crippen LogP contribution is -2.43. The third-order valence-corrected chi connectivity index (χ3v) is 4.87. The molecule has 0 aliphatic carbocycles. The van der Waals surface area contributed by atoms with Gasteiger partial charge in [0.15, 0.2) is 0 Å². The average molecular weight is 354 g/mol. The van der Waals surface area contributed by atoms with Gasteiger partial charge in [-0.15, -0.1) is 0 Å². The molecule has 1 saturated heterocycles. The lowest BCUT2D eigenvalue weighted by molar-refractivity contribution is 0.0276. The van der Waals surface area contributed by atoms with Gasteiger partial charge in [0, 0.05) is 12.1 Å². The summed E-state index contributed by atoms with van der Waals surface area (Å²) in [5.74, 6) is 0.613. The largest absolute Gasteiger partial charge is 0.497 e. The molecule has 2 aromatic carbocycles. The molecule has 1 heterocycles. The van der Waals surface area contributed by atoms with Crippen molar-refractivity contribution in [1.82, 2.24) is 10.6 Å². The molecule has 0 spiro atoms. The molecule has 3 rings (SSSR count). The number of rotatable bonds is 5. The van der Waals surface area contributed by atoms with Crippen LogP contribution in [-0.4, -0.2) is 43.4 Å². The number of methoxy groups -OCH3 is 1. The lowest BCUT2D eigenvalue weighted by Gasteiger charge is -2.26. The van der Waals surface area contributed by atoms with Crippen molar-refractivity contribution in [3.05, 3.63) is 54.1 Å². The summed E-state index contributed by atoms with van der Waals surface area (Å²) in [7, 11) is 1.64. The van der Waals surface area contributed by atoms with E-state index in [0.717, 1.165) is 36.4 Å². The van der Waals surface area contributed by atoms with Gasteiger partial charge in [0.1, 0.15) is 5.75 Å². The second kappa shape index (κ2) is 8.34. The molecule has 5 nitrogen and oxygen atoms in total. The van der Waals surface area contributed by atoms with Crippen LogP contribution >= 0.6 is 0 Å². The second-order valence-electron chi connectivity index (χ2n) is 6.82. The summed E-state index contributed by atoms with van der Waals surface area (Å²) in [4.78, 5) is 12.6. The van der Waals surface area contributed by atoms with E-state index in [-0.39, 0.29) is 12.5 Å². The van der Waals surface area contributed by atoms with Crippen LogP contribution in [-0.2, 0) is 0 Å². The molecule has 0 saturated carbocycles. The summed E-state index contributed by atoms with van der Waals surface area (Å²) < 4.78 is 5.27. The van der Waals surface area contributed by atoms with Gasteiger partial charge in [-0.25, -0.2) is 0 Å². The van der Waals surface area contributed by atoms with Crippen LogP contribution in [0.5, 0.6) is 5.75 Å². The number of ether oxygens (including phenoxy) is 1. The number of aliphatic hydroxyl groups is 1. The fourth-order valence-corrected chi connectivity index (χ4v) is 3.28. The van der Waals surface area contributed by atoms with Crippen molar-refractivity contribution in [2.75, 3.05) is 26.7 Å². The molecule has 5 heteroatoms. The topological polar surface area (TPSA) is 70.6 Å². The van der Waals surface area contributed by atoms with Gasteiger partial charge in [-0.2, -0.15) is 0 Å². The Morgan fingerprint density at radius 3 is 2.73 bits per heavy atom. The first-order valence-corrected chi connectivity index (χ1v) is 9.05. The maximum atomic E-state index is 12.6. The van der Waals surface area contributed by atoms with E-state index in [1.54, 1.807) is 13.2 Å². The highest BCUT2D eigenvalue weighted by molar-refractivity contribution is 5.95. The molecule has 2 aromatic rings. The van der Waals surface area contributed by atoms with Gasteiger partial charge in [-0.3, -0.25) is 4.79 Å². The molecule has 138 valence electrons. The average Bonchev–Trinajstić information content (AvgIpc) is 2.91. The summed E-state index contributed by atoms with van der Waals surface area (Å²) in [6.07, 6.45) is 2.26. The van der Waals surface area contributed by atoms with E-state index >= 15 is 0 Å². The molecular weight excluding hydrogens is 328 g/mol. The van der Waals surface area contributed by atoms with Gasteiger partial charge in [-0.1, -0.05) is 24.3 Å². The fourth-order valence-electron chi connectivity index (χ4n) is 3.28. The highest BCUT2D eigenvalue weighted by atomic mass is 16.5. The molecule has 3 N–H and O–H groups in total. The Balaban J connectivity index is 1.70. The third kappa shape index (κ3) is 4.62. The van der Waals surface area contributed by atoms with Gasteiger partial charge in [-0.05, 0) is 67.7 Å². The fraction of sp³-hybridized carbons (Fsp3) is 0.381. The minimum Gasteiger partial charge on any atom is -0.497 e. The summed E-state index contributed by atoms with van der Waals surface area (Å²) in [5, 5.41) is 16.8. The van der Waals surface area contributed by atoms with Crippen molar-refractivity contribution < 1.29 is 14.6 Å². The molecule has 0 radical (unpaired) electrons. The van der Waals surface area contributed by atoms with Crippen molar-refractivity contribution >= 4 is 5.91 Å². The summed E-state index contributed by atoms with van der Waals surface area (Å²) in [6.45, 7) is 1.97. The number of carbonyl (C=O) groups is 1. The predicted octanol–water partition coefficient (Wildman–Crippen LogP) is 2.60. The SMILES string of the molecule is COc1cccc(-c2cccc(C(=O)NC[C@]3(O)CCCNCC3)c2)c1. The normalized spacial score (nSPS) is 20.2. The van der Waals surface area contributed by atoms with Crippen LogP contribution in [0.2, 0.25) is 0 Å². The van der Waals surface area contributed by atoms with Crippen molar-refractivity contribution in [2.45, 2.75) is 24.9 Å². The van der Waals surface area contributed by atoms with Gasteiger partial charge in [0.25, 0.3) is 5.91 Å². The van der Waals surface area contributed by atoms with E-state index in [9.17, 15) is 9.90 Å². The zero-order chi connectivity index (χ0) is 18.4. The zero-order valence-electron chi connectivity index (χ0n) is 15.1. The minimum atomic E-state index is -0.830. The predicted molar refractivity (Wildman–Crippen MR) is 102 cm³/mol. The number of carbonyl (C=O) groups excluding carboxylic acids is 1. The van der Waals surface area contributed by atoms with Crippen molar-refractivity contribution in [2.24, 2.45) is 0 Å². The molecule has 1 amide bonds. The Morgan fingerprint density at radius 2 is 1.92 bits per heavy atom. The number of amides is 1. The van der Waals surface area contributed by atoms with E-state index in [1.807, 2.05) is 42.5 Å². The first kappa shape index (κ1) is 18.4. The van der Waals surface area contributed by atoms with Crippen LogP contribution in [0.1, 0.15) is 29.6 Å². The minimum absolute atomic E-state index is 0.166. The molecule has 0 aromatic heterocycles. The van der Waals surface area contributed by atoms with E-state index in [4.69, 9.17) is 4.74 Å². The Labute approximate surface area is 154 Å². The first-order valence-electron chi connectivity index (χ1n) is 9.05. The number of benzene rings is 2. The van der Waals surface area contributed by atoms with E-state index in [0.29, 0.717) is 18.4 Å². The van der Waals surface area contributed by atoms with Crippen LogP contribution in [0.4, 0.5) is 0 Å². The first-order chi connectivity index (χ1) is 12.6. The summed E-state index contributed by atoms with van der Waals surface area (Å²) >= 11 is 0. The molecular formula is C21H26N2O3. The summed E-state index contributed by atoms with van der Waals surface area (Å²) in [5.41, 5.74) is 1.70. The van der Waals surface area contributed by atoms with Crippen LogP contribution in [0.25, 0.3) is 11.1 Å². The summed E-state index contributed by atoms with van der Waals surface area (Å²) in [6, 6.07) is 15.2. The van der Waals surface area contributed by atoms with Crippen molar-refractivity contribution in [3.63, 3.8) is 0 Å². The number of hydrogen-bond acceptors (Lipinski definition) is 4. The number of nitrogens with one attached hydrogen (secondary N) is 2. The Morgan fingerprint density at radius 1 is 1.15 bits per heavy atom. The maximum Gasteiger partial charge on any atom is 0.251 e. The second-order valence-corrected chi connectivity index (χ2v) is 6.82. The van der Waals surface area contributed by atoms with Crippen LogP contribution in [0.3, 0.4) is 0 Å². The van der Waals surface area contributed by atoms with E-state index in [1.165, 1.54) is 0 Å². The molecule has 0 bridgehead atoms. The Bertz CT molecular complexity index is 752. The molecule has 1 fully saturated rings. The van der Waals surface area contributed by atoms with Crippen LogP contribution in [0.15, 0.2) is 48.5 Å². The smallest absolute Gasteiger partial charge is 0.251 e. The highest BCUT2D eigenvalue weighted by Gasteiger charge is 2.28. The van der Waals surface area contributed by atoms with E-state index in [2.05, 4.69) is 10.6 Å². The van der Waals surface area contributed by atoms with Crippen molar-refractivity contribution in [3.8, 4) is 16.9 Å². The number of hydrogen-bond donors (Lipinski definition) is 3. The van der Waals surface area contributed by atoms with Crippen molar-refractivity contribution in [1.29, 1.82) is 0 Å². The van der Waals surface area contributed by atoms with Gasteiger partial charge in [0.05, 0.1) is 12.7 Å². The monoisotopic (exact) mass is 354 g/mol. The standard InChI is InChI=1S/C21H26N2O3/c1-26-19-8-3-6-17(14-19)16-5-2-7-18(13-16)20(24)23-15-21(25)9-4-11-22-12-10-21/h2-3,5-8,13-14,22,25H,4,9-12,15H2,1H3,(H,23,24)/t21-/m0/s1. The van der Waals surface area contributed by atoms with Gasteiger partial charge < -0.3 is 20.5 Å². The molecule has 1 aliphatic rings. The third-order valence-electron chi connectivity index (χ3n) is 4.87. The quantitative estimate of drug-likeness (QED) is 0.772. The highest BCUT2D eigenvalue weighted by Crippen LogP contribution is 2.25.